The van der Waals surface area contributed by atoms with E-state index < -0.39 is 5.91 Å². The molecule has 3 N–H and O–H groups in total. The van der Waals surface area contributed by atoms with Crippen LogP contribution in [0.25, 0.3) is 10.9 Å². The van der Waals surface area contributed by atoms with E-state index in [9.17, 15) is 9.59 Å². The largest absolute Gasteiger partial charge is 0.366 e. The van der Waals surface area contributed by atoms with Crippen LogP contribution in [-0.2, 0) is 18.3 Å². The molecule has 1 heterocycles. The number of fused-ring (bicyclic) bond motifs is 1. The lowest BCUT2D eigenvalue weighted by atomic mass is 10.1. The molecular formula is C18H17N3O2. The number of rotatable bonds is 4. The van der Waals surface area contributed by atoms with Crippen LogP contribution in [0.5, 0.6) is 0 Å². The number of benzene rings is 2. The number of carbonyl (C=O) groups excluding carboxylic acids is 2. The average Bonchev–Trinajstić information content (AvgIpc) is 2.84. The summed E-state index contributed by atoms with van der Waals surface area (Å²) in [7, 11) is 1.96. The van der Waals surface area contributed by atoms with Crippen LogP contribution < -0.4 is 11.1 Å². The summed E-state index contributed by atoms with van der Waals surface area (Å²) < 4.78 is 2.01. The highest BCUT2D eigenvalue weighted by Gasteiger charge is 2.10. The van der Waals surface area contributed by atoms with Crippen molar-refractivity contribution in [2.45, 2.75) is 6.42 Å². The van der Waals surface area contributed by atoms with Crippen LogP contribution >= 0.6 is 0 Å². The number of primary amides is 1. The first-order chi connectivity index (χ1) is 11.0. The summed E-state index contributed by atoms with van der Waals surface area (Å²) in [5.74, 6) is -0.591. The predicted octanol–water partition coefficient (Wildman–Crippen LogP) is 2.46. The Hall–Kier alpha value is -3.08. The van der Waals surface area contributed by atoms with Crippen LogP contribution in [0.2, 0.25) is 0 Å². The maximum absolute atomic E-state index is 12.2. The molecule has 2 aromatic carbocycles. The van der Waals surface area contributed by atoms with Gasteiger partial charge in [0.25, 0.3) is 0 Å². The lowest BCUT2D eigenvalue weighted by molar-refractivity contribution is -0.115. The van der Waals surface area contributed by atoms with Gasteiger partial charge < -0.3 is 15.6 Å². The van der Waals surface area contributed by atoms with Crippen LogP contribution in [0.1, 0.15) is 15.9 Å². The maximum Gasteiger partial charge on any atom is 0.248 e. The Morgan fingerprint density at radius 3 is 2.48 bits per heavy atom. The molecule has 0 saturated carbocycles. The molecule has 0 aliphatic carbocycles. The number of nitrogens with two attached hydrogens (primary N) is 1. The molecule has 0 bridgehead atoms. The van der Waals surface area contributed by atoms with Gasteiger partial charge in [-0.3, -0.25) is 9.59 Å². The molecule has 0 atom stereocenters. The van der Waals surface area contributed by atoms with E-state index >= 15 is 0 Å². The second-order valence-corrected chi connectivity index (χ2v) is 5.45. The molecule has 0 aliphatic heterocycles. The third kappa shape index (κ3) is 3.08. The summed E-state index contributed by atoms with van der Waals surface area (Å²) in [5, 5.41) is 3.91. The van der Waals surface area contributed by atoms with Gasteiger partial charge in [-0.15, -0.1) is 0 Å². The molecule has 0 radical (unpaired) electrons. The summed E-state index contributed by atoms with van der Waals surface area (Å²) in [6, 6.07) is 14.5. The van der Waals surface area contributed by atoms with Gasteiger partial charge in [0, 0.05) is 35.4 Å². The fraction of sp³-hybridized carbons (Fsp3) is 0.111. The first-order valence-electron chi connectivity index (χ1n) is 7.27. The minimum atomic E-state index is -0.487. The van der Waals surface area contributed by atoms with Gasteiger partial charge in [-0.1, -0.05) is 18.2 Å². The van der Waals surface area contributed by atoms with Crippen molar-refractivity contribution in [1.82, 2.24) is 4.57 Å². The van der Waals surface area contributed by atoms with Crippen LogP contribution in [0.15, 0.2) is 54.7 Å². The zero-order chi connectivity index (χ0) is 16.4. The molecule has 116 valence electrons. The molecule has 5 nitrogen and oxygen atoms in total. The number of nitrogens with zero attached hydrogens (tertiary/aromatic N) is 1. The third-order valence-corrected chi connectivity index (χ3v) is 3.78. The summed E-state index contributed by atoms with van der Waals surface area (Å²) in [5.41, 5.74) is 8.33. The van der Waals surface area contributed by atoms with Crippen molar-refractivity contribution in [2.75, 3.05) is 5.32 Å². The number of nitrogens with one attached hydrogen (secondary N) is 1. The van der Waals surface area contributed by atoms with Crippen LogP contribution in [0, 0.1) is 0 Å². The topological polar surface area (TPSA) is 77.1 Å². The van der Waals surface area contributed by atoms with Crippen LogP contribution in [0.4, 0.5) is 5.69 Å². The highest BCUT2D eigenvalue weighted by molar-refractivity contribution is 5.97. The minimum Gasteiger partial charge on any atom is -0.366 e. The van der Waals surface area contributed by atoms with E-state index in [1.807, 2.05) is 42.1 Å². The smallest absolute Gasteiger partial charge is 0.248 e. The molecule has 0 saturated heterocycles. The Morgan fingerprint density at radius 1 is 1.09 bits per heavy atom. The standard InChI is InChI=1S/C18H17N3O2/c1-21-11-13(15-4-2-3-5-16(15)21)10-17(22)20-14-8-6-12(7-9-14)18(19)23/h2-9,11H,10H2,1H3,(H2,19,23)(H,20,22). The average molecular weight is 307 g/mol. The van der Waals surface area contributed by atoms with E-state index in [1.54, 1.807) is 24.3 Å². The number of para-hydroxylation sites is 1. The number of hydrogen-bond donors (Lipinski definition) is 2. The molecule has 23 heavy (non-hydrogen) atoms. The van der Waals surface area contributed by atoms with Gasteiger partial charge in [0.05, 0.1) is 6.42 Å². The molecule has 1 aromatic heterocycles. The van der Waals surface area contributed by atoms with Crippen LogP contribution in [0.3, 0.4) is 0 Å². The Balaban J connectivity index is 1.75. The third-order valence-electron chi connectivity index (χ3n) is 3.78. The van der Waals surface area contributed by atoms with Gasteiger partial charge in [-0.2, -0.15) is 0 Å². The van der Waals surface area contributed by atoms with Crippen molar-refractivity contribution >= 4 is 28.4 Å². The molecule has 0 fully saturated rings. The van der Waals surface area contributed by atoms with Crippen LogP contribution in [-0.4, -0.2) is 16.4 Å². The maximum atomic E-state index is 12.2. The predicted molar refractivity (Wildman–Crippen MR) is 90.2 cm³/mol. The molecule has 0 spiro atoms. The van der Waals surface area contributed by atoms with Crippen molar-refractivity contribution < 1.29 is 9.59 Å². The van der Waals surface area contributed by atoms with Crippen molar-refractivity contribution in [2.24, 2.45) is 12.8 Å². The first kappa shape index (κ1) is 14.8. The quantitative estimate of drug-likeness (QED) is 0.776. The van der Waals surface area contributed by atoms with Crippen molar-refractivity contribution in [3.05, 3.63) is 65.9 Å². The monoisotopic (exact) mass is 307 g/mol. The number of aryl methyl sites for hydroxylation is 1. The first-order valence-corrected chi connectivity index (χ1v) is 7.27. The Labute approximate surface area is 133 Å². The zero-order valence-corrected chi connectivity index (χ0v) is 12.7. The number of aromatic nitrogens is 1. The molecule has 0 unspecified atom stereocenters. The lowest BCUT2D eigenvalue weighted by Crippen LogP contribution is -2.15. The van der Waals surface area contributed by atoms with Gasteiger partial charge >= 0.3 is 0 Å². The molecule has 0 aliphatic rings. The van der Waals surface area contributed by atoms with Crippen molar-refractivity contribution in [3.63, 3.8) is 0 Å². The number of amides is 2. The number of hydrogen-bond acceptors (Lipinski definition) is 2. The van der Waals surface area contributed by atoms with E-state index in [2.05, 4.69) is 5.32 Å². The van der Waals surface area contributed by atoms with Crippen molar-refractivity contribution in [3.8, 4) is 0 Å². The highest BCUT2D eigenvalue weighted by Crippen LogP contribution is 2.21. The van der Waals surface area contributed by atoms with Gasteiger partial charge in [0.1, 0.15) is 0 Å². The van der Waals surface area contributed by atoms with E-state index in [0.29, 0.717) is 17.7 Å². The second-order valence-electron chi connectivity index (χ2n) is 5.45. The zero-order valence-electron chi connectivity index (χ0n) is 12.7. The fourth-order valence-corrected chi connectivity index (χ4v) is 2.66. The summed E-state index contributed by atoms with van der Waals surface area (Å²) in [6.07, 6.45) is 2.26. The van der Waals surface area contributed by atoms with Crippen molar-refractivity contribution in [1.29, 1.82) is 0 Å². The Morgan fingerprint density at radius 2 is 1.78 bits per heavy atom. The Bertz CT molecular complexity index is 879. The molecule has 3 rings (SSSR count). The molecule has 3 aromatic rings. The fourth-order valence-electron chi connectivity index (χ4n) is 2.66. The molecular weight excluding hydrogens is 290 g/mol. The summed E-state index contributed by atoms with van der Waals surface area (Å²) in [6.45, 7) is 0. The van der Waals surface area contributed by atoms with E-state index in [0.717, 1.165) is 16.5 Å². The van der Waals surface area contributed by atoms with E-state index in [-0.39, 0.29) is 5.91 Å². The van der Waals surface area contributed by atoms with Gasteiger partial charge in [0.15, 0.2) is 0 Å². The highest BCUT2D eigenvalue weighted by atomic mass is 16.2. The van der Waals surface area contributed by atoms with E-state index in [4.69, 9.17) is 5.73 Å². The summed E-state index contributed by atoms with van der Waals surface area (Å²) in [4.78, 5) is 23.3. The van der Waals surface area contributed by atoms with Gasteiger partial charge in [-0.25, -0.2) is 0 Å². The van der Waals surface area contributed by atoms with E-state index in [1.165, 1.54) is 0 Å². The number of anilines is 1. The number of carbonyl (C=O) groups is 2. The SMILES string of the molecule is Cn1cc(CC(=O)Nc2ccc(C(N)=O)cc2)c2ccccc21. The van der Waals surface area contributed by atoms with Gasteiger partial charge in [-0.05, 0) is 35.9 Å². The lowest BCUT2D eigenvalue weighted by Gasteiger charge is -2.05. The van der Waals surface area contributed by atoms with Gasteiger partial charge in [0.2, 0.25) is 11.8 Å². The molecule has 5 heteroatoms. The Kier molecular flexibility index (Phi) is 3.85. The molecule has 2 amide bonds. The normalized spacial score (nSPS) is 10.7. The second kappa shape index (κ2) is 5.96. The minimum absolute atomic E-state index is 0.104. The summed E-state index contributed by atoms with van der Waals surface area (Å²) >= 11 is 0.